The molecule has 0 saturated carbocycles. The molecule has 0 heterocycles. The number of ketones is 1. The summed E-state index contributed by atoms with van der Waals surface area (Å²) in [7, 11) is -3.87. The second-order valence-electron chi connectivity index (χ2n) is 6.36. The average Bonchev–Trinajstić information content (AvgIpc) is 2.69. The monoisotopic (exact) mass is 436 g/mol. The maximum Gasteiger partial charge on any atom is 0.307 e. The fourth-order valence-electron chi connectivity index (χ4n) is 2.33. The minimum Gasteiger partial charge on any atom is -0.452 e. The molecule has 1 atom stereocenters. The lowest BCUT2D eigenvalue weighted by Crippen LogP contribution is -2.32. The number of rotatable bonds is 9. The molecule has 1 amide bonds. The summed E-state index contributed by atoms with van der Waals surface area (Å²) in [5, 5.41) is 2.47. The molecule has 0 fully saturated rings. The van der Waals surface area contributed by atoms with E-state index in [-0.39, 0.29) is 23.6 Å². The number of sulfonamides is 1. The molecular weight excluding hydrogens is 415 g/mol. The van der Waals surface area contributed by atoms with Crippen molar-refractivity contribution in [3.8, 4) is 0 Å². The van der Waals surface area contributed by atoms with Gasteiger partial charge in [-0.05, 0) is 50.2 Å². The van der Waals surface area contributed by atoms with E-state index in [0.29, 0.717) is 11.3 Å². The minimum absolute atomic E-state index is 0.0482. The van der Waals surface area contributed by atoms with Crippen LogP contribution in [0.2, 0.25) is 0 Å². The zero-order valence-electron chi connectivity index (χ0n) is 16.3. The van der Waals surface area contributed by atoms with Gasteiger partial charge in [-0.3, -0.25) is 14.4 Å². The topological polar surface area (TPSA) is 119 Å². The molecule has 0 saturated heterocycles. The Morgan fingerprint density at radius 3 is 2.20 bits per heavy atom. The number of nitrogens with one attached hydrogen (secondary N) is 2. The molecule has 160 valence electrons. The molecule has 0 spiro atoms. The van der Waals surface area contributed by atoms with Crippen molar-refractivity contribution >= 4 is 33.4 Å². The summed E-state index contributed by atoms with van der Waals surface area (Å²) >= 11 is 0. The number of Topliss-reactive ketones (excluding diaryl/α,β-unsaturated/α-hetero) is 1. The van der Waals surface area contributed by atoms with E-state index in [1.807, 2.05) is 0 Å². The van der Waals surface area contributed by atoms with Gasteiger partial charge in [-0.15, -0.1) is 0 Å². The van der Waals surface area contributed by atoms with Gasteiger partial charge in [0.25, 0.3) is 5.91 Å². The van der Waals surface area contributed by atoms with Crippen molar-refractivity contribution < 1.29 is 31.9 Å². The van der Waals surface area contributed by atoms with Crippen LogP contribution in [0.4, 0.5) is 10.1 Å². The first-order valence-electron chi connectivity index (χ1n) is 8.95. The number of carbonyl (C=O) groups excluding carboxylic acids is 3. The number of halogens is 1. The van der Waals surface area contributed by atoms with Crippen LogP contribution >= 0.6 is 0 Å². The van der Waals surface area contributed by atoms with Crippen LogP contribution in [0.1, 0.15) is 30.6 Å². The highest BCUT2D eigenvalue weighted by molar-refractivity contribution is 7.89. The largest absolute Gasteiger partial charge is 0.452 e. The number of ether oxygens (including phenoxy) is 1. The molecule has 30 heavy (non-hydrogen) atoms. The van der Waals surface area contributed by atoms with Crippen molar-refractivity contribution in [1.82, 2.24) is 4.72 Å². The van der Waals surface area contributed by atoms with E-state index >= 15 is 0 Å². The average molecular weight is 436 g/mol. The van der Waals surface area contributed by atoms with Crippen LogP contribution in [-0.4, -0.2) is 38.7 Å². The second-order valence-corrected chi connectivity index (χ2v) is 8.12. The first-order valence-corrected chi connectivity index (χ1v) is 10.4. The lowest BCUT2D eigenvalue weighted by Gasteiger charge is -2.14. The molecule has 2 aromatic carbocycles. The molecule has 0 aromatic heterocycles. The highest BCUT2D eigenvalue weighted by Gasteiger charge is 2.19. The number of hydrogen-bond donors (Lipinski definition) is 2. The van der Waals surface area contributed by atoms with Crippen molar-refractivity contribution in [2.75, 3.05) is 11.9 Å². The quantitative estimate of drug-likeness (QED) is 0.460. The zero-order valence-corrected chi connectivity index (χ0v) is 17.2. The Hall–Kier alpha value is -3.11. The molecule has 0 aliphatic heterocycles. The van der Waals surface area contributed by atoms with E-state index in [4.69, 9.17) is 4.74 Å². The number of benzene rings is 2. The Labute approximate surface area is 173 Å². The van der Waals surface area contributed by atoms with Gasteiger partial charge in [0.2, 0.25) is 10.0 Å². The van der Waals surface area contributed by atoms with Crippen LogP contribution in [0.15, 0.2) is 53.4 Å². The Morgan fingerprint density at radius 2 is 1.63 bits per heavy atom. The first kappa shape index (κ1) is 23.2. The van der Waals surface area contributed by atoms with Gasteiger partial charge in [0.05, 0.1) is 11.3 Å². The molecule has 10 heteroatoms. The molecule has 0 radical (unpaired) electrons. The third kappa shape index (κ3) is 6.75. The van der Waals surface area contributed by atoms with Gasteiger partial charge in [0.15, 0.2) is 11.9 Å². The molecule has 2 aromatic rings. The van der Waals surface area contributed by atoms with Crippen LogP contribution in [0.25, 0.3) is 0 Å². The van der Waals surface area contributed by atoms with E-state index in [0.717, 1.165) is 0 Å². The number of esters is 1. The van der Waals surface area contributed by atoms with Crippen molar-refractivity contribution in [1.29, 1.82) is 0 Å². The van der Waals surface area contributed by atoms with Gasteiger partial charge in [0.1, 0.15) is 5.82 Å². The molecule has 2 rings (SSSR count). The Bertz CT molecular complexity index is 1020. The summed E-state index contributed by atoms with van der Waals surface area (Å²) in [6, 6.07) is 10.4. The van der Waals surface area contributed by atoms with Crippen molar-refractivity contribution in [2.45, 2.75) is 31.3 Å². The van der Waals surface area contributed by atoms with E-state index in [1.54, 1.807) is 0 Å². The van der Waals surface area contributed by atoms with Crippen LogP contribution < -0.4 is 10.0 Å². The molecule has 2 N–H and O–H groups in total. The Morgan fingerprint density at radius 1 is 1.03 bits per heavy atom. The van der Waals surface area contributed by atoms with Crippen LogP contribution in [0, 0.1) is 5.82 Å². The minimum atomic E-state index is -3.87. The lowest BCUT2D eigenvalue weighted by molar-refractivity contribution is -0.152. The smallest absolute Gasteiger partial charge is 0.307 e. The number of amides is 1. The summed E-state index contributed by atoms with van der Waals surface area (Å²) in [6.45, 7) is 2.49. The number of hydrogen-bond acceptors (Lipinski definition) is 6. The van der Waals surface area contributed by atoms with Crippen molar-refractivity contribution in [3.05, 3.63) is 59.9 Å². The highest BCUT2D eigenvalue weighted by Crippen LogP contribution is 2.12. The van der Waals surface area contributed by atoms with E-state index in [1.165, 1.54) is 62.4 Å². The molecular formula is C20H21FN2O6S. The van der Waals surface area contributed by atoms with Gasteiger partial charge >= 0.3 is 5.97 Å². The Kier molecular flexibility index (Phi) is 7.79. The van der Waals surface area contributed by atoms with E-state index in [9.17, 15) is 27.2 Å². The van der Waals surface area contributed by atoms with Crippen LogP contribution in [-0.2, 0) is 24.3 Å². The number of carbonyl (C=O) groups is 3. The number of anilines is 1. The zero-order chi connectivity index (χ0) is 22.3. The van der Waals surface area contributed by atoms with Gasteiger partial charge in [-0.25, -0.2) is 17.5 Å². The SMILES string of the molecule is CC(=O)c1ccc(S(=O)(=O)NCCC(=O)OC(C)C(=O)Nc2ccc(F)cc2)cc1. The predicted octanol–water partition coefficient (Wildman–Crippen LogP) is 2.27. The van der Waals surface area contributed by atoms with Gasteiger partial charge in [-0.1, -0.05) is 12.1 Å². The van der Waals surface area contributed by atoms with E-state index in [2.05, 4.69) is 10.0 Å². The third-order valence-electron chi connectivity index (χ3n) is 3.98. The summed E-state index contributed by atoms with van der Waals surface area (Å²) in [4.78, 5) is 35.1. The van der Waals surface area contributed by atoms with Crippen molar-refractivity contribution in [2.24, 2.45) is 0 Å². The summed E-state index contributed by atoms with van der Waals surface area (Å²) < 4.78 is 44.5. The Balaban J connectivity index is 1.81. The summed E-state index contributed by atoms with van der Waals surface area (Å²) in [5.41, 5.74) is 0.721. The summed E-state index contributed by atoms with van der Waals surface area (Å²) in [6.07, 6.45) is -1.42. The second kappa shape index (κ2) is 10.1. The predicted molar refractivity (Wildman–Crippen MR) is 107 cm³/mol. The van der Waals surface area contributed by atoms with Crippen LogP contribution in [0.5, 0.6) is 0 Å². The maximum atomic E-state index is 12.9. The normalized spacial score (nSPS) is 12.1. The standard InChI is InChI=1S/C20H21FN2O6S/c1-13(24)15-3-9-18(10-4-15)30(27,28)22-12-11-19(25)29-14(2)20(26)23-17-7-5-16(21)6-8-17/h3-10,14,22H,11-12H2,1-2H3,(H,23,26). The molecule has 0 aliphatic carbocycles. The van der Waals surface area contributed by atoms with Gasteiger partial charge in [-0.2, -0.15) is 0 Å². The first-order chi connectivity index (χ1) is 14.1. The van der Waals surface area contributed by atoms with Gasteiger partial charge < -0.3 is 10.1 Å². The molecule has 0 aliphatic rings. The molecule has 1 unspecified atom stereocenters. The van der Waals surface area contributed by atoms with Crippen molar-refractivity contribution in [3.63, 3.8) is 0 Å². The molecule has 0 bridgehead atoms. The fourth-order valence-corrected chi connectivity index (χ4v) is 3.36. The van der Waals surface area contributed by atoms with Gasteiger partial charge in [0, 0.05) is 17.8 Å². The summed E-state index contributed by atoms with van der Waals surface area (Å²) in [5.74, 6) is -2.02. The van der Waals surface area contributed by atoms with E-state index < -0.39 is 33.8 Å². The lowest BCUT2D eigenvalue weighted by atomic mass is 10.2. The molecule has 8 nitrogen and oxygen atoms in total. The fraction of sp³-hybridized carbons (Fsp3) is 0.250. The maximum absolute atomic E-state index is 12.9. The third-order valence-corrected chi connectivity index (χ3v) is 5.46. The van der Waals surface area contributed by atoms with Crippen LogP contribution in [0.3, 0.4) is 0 Å². The highest BCUT2D eigenvalue weighted by atomic mass is 32.2.